The minimum atomic E-state index is 0. The molecule has 0 spiro atoms. The normalized spacial score (nSPS) is 16.1. The van der Waals surface area contributed by atoms with Gasteiger partial charge in [0.05, 0.1) is 10.5 Å². The van der Waals surface area contributed by atoms with E-state index in [1.54, 1.807) is 13.2 Å². The van der Waals surface area contributed by atoms with E-state index < -0.39 is 0 Å². The van der Waals surface area contributed by atoms with Crippen LogP contribution in [0.3, 0.4) is 0 Å². The van der Waals surface area contributed by atoms with Crippen LogP contribution in [-0.2, 0) is 0 Å². The highest BCUT2D eigenvalue weighted by atomic mass is 127. The quantitative estimate of drug-likeness (QED) is 0.187. The third-order valence-corrected chi connectivity index (χ3v) is 5.41. The monoisotopic (exact) mass is 551 g/mol. The zero-order valence-corrected chi connectivity index (χ0v) is 20.5. The Morgan fingerprint density at radius 1 is 1.16 bits per heavy atom. The number of aromatic nitrogens is 2. The second-order valence-corrected chi connectivity index (χ2v) is 7.61. The number of anilines is 2. The molecule has 0 aliphatic carbocycles. The number of guanidine groups is 1. The second-order valence-electron chi connectivity index (χ2n) is 7.20. The maximum atomic E-state index is 6.28. The first kappa shape index (κ1) is 23.3. The van der Waals surface area contributed by atoms with Crippen LogP contribution < -0.4 is 20.9 Å². The molecule has 3 N–H and O–H groups in total. The molecular formula is C22H27ClIN7. The summed E-state index contributed by atoms with van der Waals surface area (Å²) in [5.41, 5.74) is 0.992. The summed E-state index contributed by atoms with van der Waals surface area (Å²) in [6.45, 7) is 3.24. The predicted molar refractivity (Wildman–Crippen MR) is 140 cm³/mol. The van der Waals surface area contributed by atoms with E-state index in [2.05, 4.69) is 47.9 Å². The van der Waals surface area contributed by atoms with Gasteiger partial charge >= 0.3 is 0 Å². The molecule has 2 aromatic heterocycles. The molecule has 4 rings (SSSR count). The van der Waals surface area contributed by atoms with Crippen molar-refractivity contribution in [2.75, 3.05) is 43.4 Å². The average molecular weight is 552 g/mol. The number of pyridine rings is 2. The molecule has 1 aromatic carbocycles. The third-order valence-electron chi connectivity index (χ3n) is 5.11. The van der Waals surface area contributed by atoms with Crippen molar-refractivity contribution in [2.24, 2.45) is 4.99 Å². The van der Waals surface area contributed by atoms with Gasteiger partial charge in [0, 0.05) is 50.9 Å². The maximum Gasteiger partial charge on any atom is 0.191 e. The number of para-hydroxylation sites is 1. The zero-order chi connectivity index (χ0) is 20.8. The van der Waals surface area contributed by atoms with Crippen LogP contribution in [0.25, 0.3) is 10.9 Å². The smallest absolute Gasteiger partial charge is 0.191 e. The molecule has 1 atom stereocenters. The molecule has 7 nitrogen and oxygen atoms in total. The number of aliphatic imine (C=N–C) groups is 1. The summed E-state index contributed by atoms with van der Waals surface area (Å²) in [6, 6.07) is 16.2. The Morgan fingerprint density at radius 3 is 2.87 bits per heavy atom. The number of nitrogens with one attached hydrogen (secondary N) is 3. The summed E-state index contributed by atoms with van der Waals surface area (Å²) in [5, 5.41) is 12.0. The molecule has 9 heteroatoms. The van der Waals surface area contributed by atoms with Crippen LogP contribution in [0.1, 0.15) is 6.42 Å². The first-order valence-electron chi connectivity index (χ1n) is 10.2. The molecule has 1 unspecified atom stereocenters. The molecule has 0 amide bonds. The lowest BCUT2D eigenvalue weighted by Gasteiger charge is -2.20. The van der Waals surface area contributed by atoms with Gasteiger partial charge < -0.3 is 20.9 Å². The summed E-state index contributed by atoms with van der Waals surface area (Å²) < 4.78 is 0. The average Bonchev–Trinajstić information content (AvgIpc) is 3.24. The van der Waals surface area contributed by atoms with Crippen molar-refractivity contribution < 1.29 is 0 Å². The standard InChI is InChI=1S/C22H26ClN7.HI/c1-24-22(28-17-10-14-30(15-17)21-18(23)6-4-11-26-21)27-13-12-25-20-9-8-16-5-2-3-7-19(16)29-20;/h2-9,11,17H,10,12-15H2,1H3,(H,25,29)(H2,24,27,28);1H. The van der Waals surface area contributed by atoms with Gasteiger partial charge in [0.1, 0.15) is 11.6 Å². The van der Waals surface area contributed by atoms with E-state index in [4.69, 9.17) is 11.6 Å². The van der Waals surface area contributed by atoms with Gasteiger partial charge in [-0.2, -0.15) is 0 Å². The Hall–Kier alpha value is -2.33. The number of nitrogens with zero attached hydrogens (tertiary/aromatic N) is 4. The van der Waals surface area contributed by atoms with Gasteiger partial charge in [0.2, 0.25) is 0 Å². The molecule has 1 aliphatic rings. The van der Waals surface area contributed by atoms with Crippen LogP contribution in [0.15, 0.2) is 59.7 Å². The van der Waals surface area contributed by atoms with E-state index in [9.17, 15) is 0 Å². The summed E-state index contributed by atoms with van der Waals surface area (Å²) in [6.07, 6.45) is 2.78. The van der Waals surface area contributed by atoms with Gasteiger partial charge in [0.15, 0.2) is 5.96 Å². The van der Waals surface area contributed by atoms with Crippen LogP contribution in [0.5, 0.6) is 0 Å². The molecule has 0 radical (unpaired) electrons. The topological polar surface area (TPSA) is 77.5 Å². The van der Waals surface area contributed by atoms with Gasteiger partial charge in [-0.15, -0.1) is 24.0 Å². The van der Waals surface area contributed by atoms with Crippen LogP contribution in [-0.4, -0.2) is 55.2 Å². The summed E-state index contributed by atoms with van der Waals surface area (Å²) in [4.78, 5) is 15.6. The molecule has 1 aliphatic heterocycles. The Balaban J connectivity index is 0.00000272. The van der Waals surface area contributed by atoms with Crippen molar-refractivity contribution in [3.05, 3.63) is 59.8 Å². The van der Waals surface area contributed by atoms with Gasteiger partial charge in [-0.3, -0.25) is 4.99 Å². The lowest BCUT2D eigenvalue weighted by atomic mass is 10.2. The minimum absolute atomic E-state index is 0. The van der Waals surface area contributed by atoms with Crippen molar-refractivity contribution in [1.29, 1.82) is 0 Å². The van der Waals surface area contributed by atoms with Gasteiger partial charge in [0.25, 0.3) is 0 Å². The number of fused-ring (bicyclic) bond motifs is 1. The molecule has 1 fully saturated rings. The molecule has 0 bridgehead atoms. The van der Waals surface area contributed by atoms with E-state index >= 15 is 0 Å². The Morgan fingerprint density at radius 2 is 2.03 bits per heavy atom. The molecule has 0 saturated carbocycles. The van der Waals surface area contributed by atoms with Crippen LogP contribution in [0.4, 0.5) is 11.6 Å². The van der Waals surface area contributed by atoms with Crippen molar-refractivity contribution in [2.45, 2.75) is 12.5 Å². The van der Waals surface area contributed by atoms with Crippen molar-refractivity contribution in [3.63, 3.8) is 0 Å². The lowest BCUT2D eigenvalue weighted by Crippen LogP contribution is -2.45. The van der Waals surface area contributed by atoms with Crippen molar-refractivity contribution >= 4 is 64.1 Å². The van der Waals surface area contributed by atoms with E-state index in [1.807, 2.05) is 36.4 Å². The number of benzene rings is 1. The number of halogens is 2. The van der Waals surface area contributed by atoms with Gasteiger partial charge in [-0.05, 0) is 36.8 Å². The SMILES string of the molecule is CN=C(NCCNc1ccc2ccccc2n1)NC1CCN(c2ncccc2Cl)C1.I. The Kier molecular flexibility index (Phi) is 8.53. The highest BCUT2D eigenvalue weighted by Crippen LogP contribution is 2.25. The first-order valence-corrected chi connectivity index (χ1v) is 10.5. The number of rotatable bonds is 6. The fourth-order valence-corrected chi connectivity index (χ4v) is 3.85. The fourth-order valence-electron chi connectivity index (χ4n) is 3.60. The van der Waals surface area contributed by atoms with Crippen LogP contribution in [0, 0.1) is 0 Å². The molecule has 1 saturated heterocycles. The number of hydrogen-bond acceptors (Lipinski definition) is 5. The third kappa shape index (κ3) is 6.10. The molecule has 31 heavy (non-hydrogen) atoms. The van der Waals surface area contributed by atoms with Crippen LogP contribution in [0.2, 0.25) is 5.02 Å². The van der Waals surface area contributed by atoms with E-state index in [0.29, 0.717) is 11.1 Å². The molecular weight excluding hydrogens is 525 g/mol. The zero-order valence-electron chi connectivity index (χ0n) is 17.4. The maximum absolute atomic E-state index is 6.28. The molecule has 3 aromatic rings. The second kappa shape index (κ2) is 11.3. The Bertz CT molecular complexity index is 1030. The molecule has 3 heterocycles. The predicted octanol–water partition coefficient (Wildman–Crippen LogP) is 3.76. The van der Waals surface area contributed by atoms with Crippen LogP contribution >= 0.6 is 35.6 Å². The minimum Gasteiger partial charge on any atom is -0.368 e. The summed E-state index contributed by atoms with van der Waals surface area (Å²) >= 11 is 6.28. The van der Waals surface area contributed by atoms with Gasteiger partial charge in [-0.1, -0.05) is 29.8 Å². The first-order chi connectivity index (χ1) is 14.7. The Labute approximate surface area is 204 Å². The molecule has 164 valence electrons. The van der Waals surface area contributed by atoms with E-state index in [1.165, 1.54) is 0 Å². The fraction of sp³-hybridized carbons (Fsp3) is 0.318. The van der Waals surface area contributed by atoms with Crippen molar-refractivity contribution in [1.82, 2.24) is 20.6 Å². The van der Waals surface area contributed by atoms with Crippen molar-refractivity contribution in [3.8, 4) is 0 Å². The highest BCUT2D eigenvalue weighted by molar-refractivity contribution is 14.0. The summed E-state index contributed by atoms with van der Waals surface area (Å²) in [5.74, 6) is 2.51. The van der Waals surface area contributed by atoms with Gasteiger partial charge in [-0.25, -0.2) is 9.97 Å². The number of hydrogen-bond donors (Lipinski definition) is 3. The lowest BCUT2D eigenvalue weighted by molar-refractivity contribution is 0.650. The van der Waals surface area contributed by atoms with E-state index in [0.717, 1.165) is 61.1 Å². The summed E-state index contributed by atoms with van der Waals surface area (Å²) in [7, 11) is 1.79. The van der Waals surface area contributed by atoms with E-state index in [-0.39, 0.29) is 24.0 Å². The highest BCUT2D eigenvalue weighted by Gasteiger charge is 2.25. The largest absolute Gasteiger partial charge is 0.368 e.